The molecular weight excluding hydrogens is 867 g/mol. The maximum Gasteiger partial charge on any atom is 0.410 e. The molecule has 2 aliphatic carbocycles. The number of unbranched alkanes of at least 4 members (excludes halogenated alkanes) is 2. The summed E-state index contributed by atoms with van der Waals surface area (Å²) >= 11 is 6.09. The van der Waals surface area contributed by atoms with E-state index < -0.39 is 29.7 Å². The SMILES string of the molecule is C=CCOC12Oc3ccc(Oc4ccc(OC)c(C=O)c4)cc3C3C(CCCCO)C(CCCCO)C=C(C(=NOCc4ccccc4)CC1N(Cc1ccc(F)cc1)C(=O)OCCCl)C32. The molecule has 0 bridgehead atoms. The number of halogens is 2. The van der Waals surface area contributed by atoms with Gasteiger partial charge in [-0.1, -0.05) is 72.6 Å². The van der Waals surface area contributed by atoms with Gasteiger partial charge in [-0.15, -0.1) is 18.2 Å². The second kappa shape index (κ2) is 23.1. The van der Waals surface area contributed by atoms with E-state index in [1.807, 2.05) is 42.5 Å². The van der Waals surface area contributed by atoms with Crippen LogP contribution in [0.25, 0.3) is 0 Å². The Balaban J connectivity index is 1.45. The van der Waals surface area contributed by atoms with Gasteiger partial charge in [0.15, 0.2) is 6.29 Å². The standard InChI is InChI=1S/C52H58ClFN2O10/c1-3-26-63-52-48(56(51(60)62-27-23-53)32-35-15-17-39(54)18-16-35)31-45(55-64-34-36-11-5-4-6-12-36)43-29-37(13-7-9-24-57)42(14-8-10-25-58)49(50(43)52)44-30-41(20-22-47(44)66-52)65-40-19-21-46(61-2)38(28-40)33-59/h3-6,11-12,15-22,28-30,33,37,42,48-50,57-58H,1,7-10,13-14,23-27,31-32,34H2,2H3. The number of oxime groups is 1. The van der Waals surface area contributed by atoms with Crippen molar-refractivity contribution in [2.24, 2.45) is 22.9 Å². The van der Waals surface area contributed by atoms with E-state index in [0.717, 1.165) is 42.4 Å². The number of nitrogens with zero attached hydrogens (tertiary/aromatic N) is 2. The van der Waals surface area contributed by atoms with Gasteiger partial charge in [0.1, 0.15) is 48.1 Å². The van der Waals surface area contributed by atoms with Crippen LogP contribution < -0.4 is 14.2 Å². The third kappa shape index (κ3) is 10.9. The zero-order valence-corrected chi connectivity index (χ0v) is 38.0. The number of aliphatic hydroxyl groups is 2. The number of benzene rings is 4. The van der Waals surface area contributed by atoms with Crippen LogP contribution in [0.4, 0.5) is 9.18 Å². The molecule has 1 fully saturated rings. The van der Waals surface area contributed by atoms with E-state index in [9.17, 15) is 24.2 Å². The molecule has 4 aromatic carbocycles. The lowest BCUT2D eigenvalue weighted by Crippen LogP contribution is -2.70. The molecule has 0 spiro atoms. The molecule has 14 heteroatoms. The first-order chi connectivity index (χ1) is 32.3. The van der Waals surface area contributed by atoms with E-state index >= 15 is 0 Å². The maximum atomic E-state index is 14.6. The minimum absolute atomic E-state index is 0.00278. The van der Waals surface area contributed by atoms with Gasteiger partial charge >= 0.3 is 6.09 Å². The van der Waals surface area contributed by atoms with E-state index in [1.165, 1.54) is 19.2 Å². The van der Waals surface area contributed by atoms with Crippen LogP contribution in [0.2, 0.25) is 0 Å². The highest BCUT2D eigenvalue weighted by atomic mass is 35.5. The number of fused-ring (bicyclic) bond motifs is 2. The number of aliphatic hydroxyl groups excluding tert-OH is 2. The highest BCUT2D eigenvalue weighted by Gasteiger charge is 2.65. The van der Waals surface area contributed by atoms with Crippen LogP contribution in [0.3, 0.4) is 0 Å². The van der Waals surface area contributed by atoms with Gasteiger partial charge in [-0.2, -0.15) is 0 Å². The average Bonchev–Trinajstić information content (AvgIpc) is 3.34. The van der Waals surface area contributed by atoms with Crippen molar-refractivity contribution in [1.29, 1.82) is 0 Å². The smallest absolute Gasteiger partial charge is 0.410 e. The lowest BCUT2D eigenvalue weighted by atomic mass is 9.55. The highest BCUT2D eigenvalue weighted by molar-refractivity contribution is 6.18. The van der Waals surface area contributed by atoms with Crippen LogP contribution in [0.1, 0.15) is 77.9 Å². The lowest BCUT2D eigenvalue weighted by Gasteiger charge is -2.59. The summed E-state index contributed by atoms with van der Waals surface area (Å²) < 4.78 is 46.4. The number of carbonyl (C=O) groups is 2. The summed E-state index contributed by atoms with van der Waals surface area (Å²) in [6.07, 6.45) is 8.24. The van der Waals surface area contributed by atoms with Crippen LogP contribution in [-0.2, 0) is 27.5 Å². The second-order valence-corrected chi connectivity index (χ2v) is 17.1. The number of methoxy groups -OCH3 is 1. The number of ether oxygens (including phenoxy) is 5. The molecule has 3 aliphatic rings. The quantitative estimate of drug-likeness (QED) is 0.0242. The third-order valence-corrected chi connectivity index (χ3v) is 12.8. The van der Waals surface area contributed by atoms with E-state index in [1.54, 1.807) is 47.4 Å². The van der Waals surface area contributed by atoms with Crippen molar-refractivity contribution in [3.05, 3.63) is 143 Å². The first-order valence-electron chi connectivity index (χ1n) is 22.6. The summed E-state index contributed by atoms with van der Waals surface area (Å²) in [5, 5.41) is 24.9. The fourth-order valence-electron chi connectivity index (χ4n) is 9.77. The Morgan fingerprint density at radius 2 is 1.71 bits per heavy atom. The van der Waals surface area contributed by atoms with E-state index in [0.29, 0.717) is 59.0 Å². The first-order valence-corrected chi connectivity index (χ1v) is 23.1. The van der Waals surface area contributed by atoms with Gasteiger partial charge in [0.05, 0.1) is 36.8 Å². The van der Waals surface area contributed by atoms with E-state index in [2.05, 4.69) is 12.7 Å². The zero-order chi connectivity index (χ0) is 46.5. The Hall–Kier alpha value is -5.73. The summed E-state index contributed by atoms with van der Waals surface area (Å²) in [5.41, 5.74) is 4.17. The van der Waals surface area contributed by atoms with Crippen LogP contribution in [0.5, 0.6) is 23.0 Å². The van der Waals surface area contributed by atoms with Gasteiger partial charge in [-0.05, 0) is 103 Å². The van der Waals surface area contributed by atoms with E-state index in [-0.39, 0.29) is 69.6 Å². The molecule has 0 radical (unpaired) electrons. The number of hydrogen-bond donors (Lipinski definition) is 2. The molecule has 4 aromatic rings. The van der Waals surface area contributed by atoms with Gasteiger partial charge in [0, 0.05) is 37.7 Å². The van der Waals surface area contributed by atoms with Gasteiger partial charge in [0.2, 0.25) is 5.79 Å². The van der Waals surface area contributed by atoms with E-state index in [4.69, 9.17) is 45.3 Å². The molecular formula is C52H58ClFN2O10. The molecule has 350 valence electrons. The molecule has 1 heterocycles. The Labute approximate surface area is 390 Å². The van der Waals surface area contributed by atoms with Gasteiger partial charge in [0.25, 0.3) is 0 Å². The molecule has 66 heavy (non-hydrogen) atoms. The molecule has 1 saturated carbocycles. The Morgan fingerprint density at radius 1 is 0.970 bits per heavy atom. The van der Waals surface area contributed by atoms with Crippen LogP contribution >= 0.6 is 11.6 Å². The normalized spacial score (nSPS) is 22.2. The number of aldehydes is 1. The van der Waals surface area contributed by atoms with Crippen molar-refractivity contribution in [3.8, 4) is 23.0 Å². The molecule has 2 N–H and O–H groups in total. The van der Waals surface area contributed by atoms with Crippen molar-refractivity contribution in [3.63, 3.8) is 0 Å². The van der Waals surface area contributed by atoms with Crippen molar-refractivity contribution in [2.45, 2.75) is 75.8 Å². The van der Waals surface area contributed by atoms with Crippen molar-refractivity contribution < 1.29 is 52.7 Å². The summed E-state index contributed by atoms with van der Waals surface area (Å²) in [6, 6.07) is 25.3. The highest BCUT2D eigenvalue weighted by Crippen LogP contribution is 2.62. The number of allylic oxidation sites excluding steroid dienone is 1. The van der Waals surface area contributed by atoms with Gasteiger partial charge < -0.3 is 38.7 Å². The molecule has 1 amide bonds. The Bertz CT molecular complexity index is 2330. The lowest BCUT2D eigenvalue weighted by molar-refractivity contribution is -0.256. The topological polar surface area (TPSA) is 146 Å². The number of amides is 1. The van der Waals surface area contributed by atoms with Crippen molar-refractivity contribution >= 4 is 29.7 Å². The number of carbonyl (C=O) groups excluding carboxylic acids is 2. The largest absolute Gasteiger partial charge is 0.496 e. The minimum Gasteiger partial charge on any atom is -0.496 e. The molecule has 0 aromatic heterocycles. The summed E-state index contributed by atoms with van der Waals surface area (Å²) in [6.45, 7) is 4.27. The predicted molar refractivity (Wildman–Crippen MR) is 249 cm³/mol. The van der Waals surface area contributed by atoms with Crippen molar-refractivity contribution in [2.75, 3.05) is 39.4 Å². The molecule has 6 atom stereocenters. The molecule has 1 aliphatic heterocycles. The third-order valence-electron chi connectivity index (χ3n) is 12.6. The first kappa shape index (κ1) is 48.2. The maximum absolute atomic E-state index is 14.6. The van der Waals surface area contributed by atoms with Crippen LogP contribution in [0.15, 0.2) is 120 Å². The number of alkyl halides is 1. The minimum atomic E-state index is -1.58. The van der Waals surface area contributed by atoms with Crippen molar-refractivity contribution in [1.82, 2.24) is 4.90 Å². The van der Waals surface area contributed by atoms with Crippen LogP contribution in [-0.4, -0.2) is 84.5 Å². The average molecular weight is 925 g/mol. The molecule has 0 saturated heterocycles. The zero-order valence-electron chi connectivity index (χ0n) is 37.2. The molecule has 6 unspecified atom stereocenters. The van der Waals surface area contributed by atoms with Gasteiger partial charge in [-0.25, -0.2) is 9.18 Å². The monoisotopic (exact) mass is 924 g/mol. The summed E-state index contributed by atoms with van der Waals surface area (Å²) in [7, 11) is 1.50. The van der Waals surface area contributed by atoms with Crippen LogP contribution in [0, 0.1) is 23.6 Å². The summed E-state index contributed by atoms with van der Waals surface area (Å²) in [4.78, 5) is 34.3. The number of rotatable bonds is 23. The predicted octanol–water partition coefficient (Wildman–Crippen LogP) is 10.2. The second-order valence-electron chi connectivity index (χ2n) is 16.7. The fourth-order valence-corrected chi connectivity index (χ4v) is 9.85. The Kier molecular flexibility index (Phi) is 16.9. The van der Waals surface area contributed by atoms with Gasteiger partial charge in [-0.3, -0.25) is 9.69 Å². The molecule has 12 nitrogen and oxygen atoms in total. The summed E-state index contributed by atoms with van der Waals surface area (Å²) in [5.74, 6) is -1.13. The Morgan fingerprint density at radius 3 is 2.42 bits per heavy atom. The number of hydrogen-bond acceptors (Lipinski definition) is 11. The molecule has 7 rings (SSSR count). The fraction of sp³-hybridized carbons (Fsp3) is 0.404.